The molecule has 19 heavy (non-hydrogen) atoms. The van der Waals surface area contributed by atoms with Crippen LogP contribution < -0.4 is 9.46 Å². The minimum absolute atomic E-state index is 0.160. The van der Waals surface area contributed by atoms with Crippen LogP contribution in [-0.2, 0) is 10.0 Å². The summed E-state index contributed by atoms with van der Waals surface area (Å²) in [6.45, 7) is 4.25. The molecule has 0 radical (unpaired) electrons. The minimum atomic E-state index is -3.51. The Morgan fingerprint density at radius 3 is 2.63 bits per heavy atom. The van der Waals surface area contributed by atoms with Crippen molar-refractivity contribution in [2.45, 2.75) is 43.7 Å². The number of rotatable bonds is 5. The maximum Gasteiger partial charge on any atom is 0.240 e. The maximum atomic E-state index is 12.1. The molecule has 0 atom stereocenters. The van der Waals surface area contributed by atoms with Gasteiger partial charge in [-0.05, 0) is 50.5 Å². The van der Waals surface area contributed by atoms with Crippen LogP contribution in [0.5, 0.6) is 5.75 Å². The van der Waals surface area contributed by atoms with Crippen LogP contribution >= 0.6 is 0 Å². The van der Waals surface area contributed by atoms with Gasteiger partial charge in [0.2, 0.25) is 10.0 Å². The van der Waals surface area contributed by atoms with Gasteiger partial charge in [0.1, 0.15) is 5.75 Å². The van der Waals surface area contributed by atoms with Gasteiger partial charge >= 0.3 is 0 Å². The van der Waals surface area contributed by atoms with Gasteiger partial charge in [0.05, 0.1) is 17.6 Å². The molecule has 1 aromatic carbocycles. The van der Waals surface area contributed by atoms with E-state index in [4.69, 9.17) is 4.74 Å². The first-order valence-corrected chi connectivity index (χ1v) is 7.84. The molecule has 0 saturated heterocycles. The normalized spacial score (nSPS) is 22.9. The Kier molecular flexibility index (Phi) is 4.13. The van der Waals surface area contributed by atoms with Crippen molar-refractivity contribution in [2.75, 3.05) is 6.61 Å². The second-order valence-electron chi connectivity index (χ2n) is 4.80. The number of benzene rings is 1. The second kappa shape index (κ2) is 5.48. The zero-order valence-electron chi connectivity index (χ0n) is 11.1. The summed E-state index contributed by atoms with van der Waals surface area (Å²) in [6.07, 6.45) is 0.583. The Balaban J connectivity index is 2.14. The summed E-state index contributed by atoms with van der Waals surface area (Å²) in [5.74, 6) is 0.695. The van der Waals surface area contributed by atoms with Crippen LogP contribution in [0, 0.1) is 6.92 Å². The molecule has 2 rings (SSSR count). The van der Waals surface area contributed by atoms with E-state index in [1.165, 1.54) is 6.07 Å². The number of aryl methyl sites for hydroxylation is 1. The first-order valence-electron chi connectivity index (χ1n) is 6.36. The lowest BCUT2D eigenvalue weighted by atomic mass is 9.91. The fourth-order valence-electron chi connectivity index (χ4n) is 2.08. The number of aliphatic hydroxyl groups excluding tert-OH is 1. The van der Waals surface area contributed by atoms with Gasteiger partial charge in [-0.3, -0.25) is 0 Å². The Labute approximate surface area is 113 Å². The van der Waals surface area contributed by atoms with E-state index >= 15 is 0 Å². The summed E-state index contributed by atoms with van der Waals surface area (Å²) >= 11 is 0. The quantitative estimate of drug-likeness (QED) is 0.852. The van der Waals surface area contributed by atoms with E-state index < -0.39 is 10.0 Å². The van der Waals surface area contributed by atoms with Crippen LogP contribution in [0.25, 0.3) is 0 Å². The van der Waals surface area contributed by atoms with Crippen LogP contribution in [0.3, 0.4) is 0 Å². The van der Waals surface area contributed by atoms with Crippen molar-refractivity contribution in [3.63, 3.8) is 0 Å². The van der Waals surface area contributed by atoms with Gasteiger partial charge in [-0.2, -0.15) is 0 Å². The molecule has 5 nitrogen and oxygen atoms in total. The van der Waals surface area contributed by atoms with Crippen molar-refractivity contribution in [2.24, 2.45) is 0 Å². The predicted octanol–water partition coefficient (Wildman–Crippen LogP) is 1.20. The van der Waals surface area contributed by atoms with E-state index in [0.717, 1.165) is 5.56 Å². The molecule has 106 valence electrons. The lowest BCUT2D eigenvalue weighted by Crippen LogP contribution is -2.46. The molecule has 0 spiro atoms. The summed E-state index contributed by atoms with van der Waals surface area (Å²) in [7, 11) is -3.51. The lowest BCUT2D eigenvalue weighted by molar-refractivity contribution is 0.0712. The molecule has 0 aliphatic heterocycles. The molecular weight excluding hydrogens is 266 g/mol. The minimum Gasteiger partial charge on any atom is -0.494 e. The molecule has 0 bridgehead atoms. The molecule has 0 heterocycles. The zero-order valence-corrected chi connectivity index (χ0v) is 11.9. The standard InChI is InChI=1S/C13H19NO4S/c1-3-18-13-5-4-12(6-9(13)2)19(16,17)14-10-7-11(15)8-10/h4-6,10-11,14-15H,3,7-8H2,1-2H3. The number of nitrogens with one attached hydrogen (secondary N) is 1. The van der Waals surface area contributed by atoms with Crippen molar-refractivity contribution in [3.8, 4) is 5.75 Å². The molecule has 1 aromatic rings. The van der Waals surface area contributed by atoms with Gasteiger partial charge in [0, 0.05) is 6.04 Å². The smallest absolute Gasteiger partial charge is 0.240 e. The Morgan fingerprint density at radius 1 is 1.42 bits per heavy atom. The maximum absolute atomic E-state index is 12.1. The van der Waals surface area contributed by atoms with E-state index in [9.17, 15) is 13.5 Å². The van der Waals surface area contributed by atoms with E-state index in [1.807, 2.05) is 13.8 Å². The third-order valence-electron chi connectivity index (χ3n) is 3.19. The lowest BCUT2D eigenvalue weighted by Gasteiger charge is -2.31. The van der Waals surface area contributed by atoms with Crippen molar-refractivity contribution in [1.82, 2.24) is 4.72 Å². The molecule has 0 aromatic heterocycles. The SMILES string of the molecule is CCOc1ccc(S(=O)(=O)NC2CC(O)C2)cc1C. The van der Waals surface area contributed by atoms with Crippen LogP contribution in [0.4, 0.5) is 0 Å². The molecule has 0 unspecified atom stereocenters. The Bertz CT molecular complexity index is 550. The third-order valence-corrected chi connectivity index (χ3v) is 4.71. The summed E-state index contributed by atoms with van der Waals surface area (Å²) < 4.78 is 32.2. The van der Waals surface area contributed by atoms with Crippen LogP contribution in [0.15, 0.2) is 23.1 Å². The highest BCUT2D eigenvalue weighted by Gasteiger charge is 2.31. The fraction of sp³-hybridized carbons (Fsp3) is 0.538. The van der Waals surface area contributed by atoms with E-state index in [-0.39, 0.29) is 17.0 Å². The average Bonchev–Trinajstić information content (AvgIpc) is 2.29. The Morgan fingerprint density at radius 2 is 2.11 bits per heavy atom. The number of sulfonamides is 1. The van der Waals surface area contributed by atoms with Gasteiger partial charge in [0.25, 0.3) is 0 Å². The molecular formula is C13H19NO4S. The largest absolute Gasteiger partial charge is 0.494 e. The van der Waals surface area contributed by atoms with Gasteiger partial charge < -0.3 is 9.84 Å². The van der Waals surface area contributed by atoms with Gasteiger partial charge in [-0.15, -0.1) is 0 Å². The topological polar surface area (TPSA) is 75.6 Å². The monoisotopic (exact) mass is 285 g/mol. The summed E-state index contributed by atoms with van der Waals surface area (Å²) in [6, 6.07) is 4.65. The van der Waals surface area contributed by atoms with Gasteiger partial charge in [0.15, 0.2) is 0 Å². The summed E-state index contributed by atoms with van der Waals surface area (Å²) in [4.78, 5) is 0.231. The van der Waals surface area contributed by atoms with Crippen molar-refractivity contribution in [1.29, 1.82) is 0 Å². The highest BCUT2D eigenvalue weighted by atomic mass is 32.2. The van der Waals surface area contributed by atoms with E-state index in [0.29, 0.717) is 25.2 Å². The van der Waals surface area contributed by atoms with Gasteiger partial charge in [-0.1, -0.05) is 0 Å². The molecule has 1 fully saturated rings. The molecule has 1 aliphatic rings. The molecule has 0 amide bonds. The molecule has 6 heteroatoms. The van der Waals surface area contributed by atoms with Crippen molar-refractivity contribution < 1.29 is 18.3 Å². The molecule has 2 N–H and O–H groups in total. The summed E-state index contributed by atoms with van der Waals surface area (Å²) in [5, 5.41) is 9.17. The predicted molar refractivity (Wildman–Crippen MR) is 71.7 cm³/mol. The Hall–Kier alpha value is -1.11. The number of hydrogen-bond acceptors (Lipinski definition) is 4. The highest BCUT2D eigenvalue weighted by molar-refractivity contribution is 7.89. The van der Waals surface area contributed by atoms with E-state index in [1.54, 1.807) is 12.1 Å². The highest BCUT2D eigenvalue weighted by Crippen LogP contribution is 2.25. The van der Waals surface area contributed by atoms with Gasteiger partial charge in [-0.25, -0.2) is 13.1 Å². The average molecular weight is 285 g/mol. The molecule has 1 saturated carbocycles. The van der Waals surface area contributed by atoms with Crippen LogP contribution in [0.1, 0.15) is 25.3 Å². The number of hydrogen-bond donors (Lipinski definition) is 2. The third kappa shape index (κ3) is 3.26. The second-order valence-corrected chi connectivity index (χ2v) is 6.52. The van der Waals surface area contributed by atoms with E-state index in [2.05, 4.69) is 4.72 Å². The van der Waals surface area contributed by atoms with Crippen LogP contribution in [0.2, 0.25) is 0 Å². The zero-order chi connectivity index (χ0) is 14.0. The first-order chi connectivity index (χ1) is 8.92. The number of aliphatic hydroxyl groups is 1. The van der Waals surface area contributed by atoms with Crippen LogP contribution in [-0.4, -0.2) is 32.3 Å². The molecule has 1 aliphatic carbocycles. The first kappa shape index (κ1) is 14.3. The number of ether oxygens (including phenoxy) is 1. The summed E-state index contributed by atoms with van der Waals surface area (Å²) in [5.41, 5.74) is 0.790. The van der Waals surface area contributed by atoms with Crippen molar-refractivity contribution >= 4 is 10.0 Å². The van der Waals surface area contributed by atoms with Crippen molar-refractivity contribution in [3.05, 3.63) is 23.8 Å². The fourth-order valence-corrected chi connectivity index (χ4v) is 3.42.